The summed E-state index contributed by atoms with van der Waals surface area (Å²) >= 11 is 12.3. The third-order valence-electron chi connectivity index (χ3n) is 4.55. The van der Waals surface area contributed by atoms with E-state index in [-0.39, 0.29) is 6.04 Å². The van der Waals surface area contributed by atoms with Crippen LogP contribution in [0.1, 0.15) is 49.2 Å². The lowest BCUT2D eigenvalue weighted by atomic mass is 10.1. The Bertz CT molecular complexity index is 729. The SMILES string of the molecule is Cc1cc(CN[C@H](C)c2ccc(Cl)cc2Cl)nc(N2CCCCC2)n1. The Morgan fingerprint density at radius 3 is 2.60 bits per heavy atom. The molecule has 2 heterocycles. The Morgan fingerprint density at radius 1 is 1.12 bits per heavy atom. The molecule has 1 aliphatic heterocycles. The fourth-order valence-corrected chi connectivity index (χ4v) is 3.74. The first-order valence-electron chi connectivity index (χ1n) is 8.81. The van der Waals surface area contributed by atoms with Gasteiger partial charge in [0.15, 0.2) is 0 Å². The maximum atomic E-state index is 6.30. The van der Waals surface area contributed by atoms with Crippen molar-refractivity contribution in [1.82, 2.24) is 15.3 Å². The molecule has 1 saturated heterocycles. The average Bonchev–Trinajstić information content (AvgIpc) is 2.60. The number of anilines is 1. The van der Waals surface area contributed by atoms with Crippen LogP contribution in [0.15, 0.2) is 24.3 Å². The van der Waals surface area contributed by atoms with Gasteiger partial charge in [-0.25, -0.2) is 9.97 Å². The van der Waals surface area contributed by atoms with Gasteiger partial charge >= 0.3 is 0 Å². The standard InChI is InChI=1S/C19H24Cl2N4/c1-13-10-16(24-19(23-13)25-8-4-3-5-9-25)12-22-14(2)17-7-6-15(20)11-18(17)21/h6-7,10-11,14,22H,3-5,8-9,12H2,1-2H3/t14-/m1/s1. The number of piperidine rings is 1. The highest BCUT2D eigenvalue weighted by Gasteiger charge is 2.15. The Morgan fingerprint density at radius 2 is 1.88 bits per heavy atom. The van der Waals surface area contributed by atoms with Crippen LogP contribution in [-0.2, 0) is 6.54 Å². The number of halogens is 2. The molecule has 1 aromatic heterocycles. The molecule has 1 N–H and O–H groups in total. The van der Waals surface area contributed by atoms with Crippen LogP contribution in [0, 0.1) is 6.92 Å². The fourth-order valence-electron chi connectivity index (χ4n) is 3.16. The van der Waals surface area contributed by atoms with Gasteiger partial charge in [0.25, 0.3) is 0 Å². The number of nitrogens with one attached hydrogen (secondary N) is 1. The second kappa shape index (κ2) is 8.35. The molecule has 2 aromatic rings. The molecule has 0 unspecified atom stereocenters. The van der Waals surface area contributed by atoms with Crippen LogP contribution in [0.3, 0.4) is 0 Å². The number of rotatable bonds is 5. The van der Waals surface area contributed by atoms with Crippen LogP contribution in [0.5, 0.6) is 0 Å². The summed E-state index contributed by atoms with van der Waals surface area (Å²) in [5.74, 6) is 0.855. The van der Waals surface area contributed by atoms with E-state index in [9.17, 15) is 0 Å². The maximum Gasteiger partial charge on any atom is 0.225 e. The van der Waals surface area contributed by atoms with Crippen molar-refractivity contribution in [1.29, 1.82) is 0 Å². The zero-order chi connectivity index (χ0) is 17.8. The van der Waals surface area contributed by atoms with Gasteiger partial charge in [-0.3, -0.25) is 0 Å². The molecule has 25 heavy (non-hydrogen) atoms. The van der Waals surface area contributed by atoms with Crippen LogP contribution in [0.4, 0.5) is 5.95 Å². The minimum Gasteiger partial charge on any atom is -0.341 e. The summed E-state index contributed by atoms with van der Waals surface area (Å²) in [6.07, 6.45) is 3.74. The number of benzene rings is 1. The molecule has 1 fully saturated rings. The number of nitrogens with zero attached hydrogens (tertiary/aromatic N) is 3. The second-order valence-corrected chi connectivity index (χ2v) is 7.46. The van der Waals surface area contributed by atoms with Gasteiger partial charge in [-0.05, 0) is 56.9 Å². The first-order chi connectivity index (χ1) is 12.0. The molecule has 1 atom stereocenters. The summed E-state index contributed by atoms with van der Waals surface area (Å²) < 4.78 is 0. The molecule has 1 aromatic carbocycles. The third kappa shape index (κ3) is 4.84. The minimum absolute atomic E-state index is 0.110. The van der Waals surface area contributed by atoms with E-state index in [1.54, 1.807) is 6.07 Å². The number of aromatic nitrogens is 2. The largest absolute Gasteiger partial charge is 0.341 e. The smallest absolute Gasteiger partial charge is 0.225 e. The third-order valence-corrected chi connectivity index (χ3v) is 5.12. The summed E-state index contributed by atoms with van der Waals surface area (Å²) in [7, 11) is 0. The molecular formula is C19H24Cl2N4. The van der Waals surface area contributed by atoms with E-state index in [1.165, 1.54) is 19.3 Å². The predicted octanol–water partition coefficient (Wildman–Crippen LogP) is 4.93. The van der Waals surface area contributed by atoms with E-state index in [0.29, 0.717) is 16.6 Å². The lowest BCUT2D eigenvalue weighted by Crippen LogP contribution is -2.31. The van der Waals surface area contributed by atoms with E-state index in [4.69, 9.17) is 28.2 Å². The van der Waals surface area contributed by atoms with Gasteiger partial charge in [-0.2, -0.15) is 0 Å². The van der Waals surface area contributed by atoms with Crippen molar-refractivity contribution >= 4 is 29.2 Å². The lowest BCUT2D eigenvalue weighted by Gasteiger charge is -2.27. The van der Waals surface area contributed by atoms with Crippen LogP contribution in [0.2, 0.25) is 10.0 Å². The Kier molecular flexibility index (Phi) is 6.15. The van der Waals surface area contributed by atoms with Crippen molar-refractivity contribution in [3.63, 3.8) is 0 Å². The van der Waals surface area contributed by atoms with E-state index in [0.717, 1.165) is 36.0 Å². The Labute approximate surface area is 159 Å². The Hall–Kier alpha value is -1.36. The van der Waals surface area contributed by atoms with Gasteiger partial charge in [0.2, 0.25) is 5.95 Å². The van der Waals surface area contributed by atoms with Crippen molar-refractivity contribution < 1.29 is 0 Å². The molecular weight excluding hydrogens is 355 g/mol. The van der Waals surface area contributed by atoms with Crippen LogP contribution in [0.25, 0.3) is 0 Å². The van der Waals surface area contributed by atoms with Crippen LogP contribution < -0.4 is 10.2 Å². The van der Waals surface area contributed by atoms with Crippen molar-refractivity contribution in [2.75, 3.05) is 18.0 Å². The van der Waals surface area contributed by atoms with Gasteiger partial charge < -0.3 is 10.2 Å². The van der Waals surface area contributed by atoms with Crippen molar-refractivity contribution in [3.8, 4) is 0 Å². The van der Waals surface area contributed by atoms with Gasteiger partial charge in [-0.15, -0.1) is 0 Å². The highest BCUT2D eigenvalue weighted by Crippen LogP contribution is 2.26. The first kappa shape index (κ1) is 18.4. The summed E-state index contributed by atoms with van der Waals surface area (Å²) in [5, 5.41) is 4.83. The fraction of sp³-hybridized carbons (Fsp3) is 0.474. The maximum absolute atomic E-state index is 6.30. The summed E-state index contributed by atoms with van der Waals surface area (Å²) in [5.41, 5.74) is 3.04. The summed E-state index contributed by atoms with van der Waals surface area (Å²) in [6, 6.07) is 7.76. The van der Waals surface area contributed by atoms with E-state index < -0.39 is 0 Å². The zero-order valence-corrected chi connectivity index (χ0v) is 16.2. The quantitative estimate of drug-likeness (QED) is 0.800. The lowest BCUT2D eigenvalue weighted by molar-refractivity contribution is 0.554. The minimum atomic E-state index is 0.110. The number of aryl methyl sites for hydroxylation is 1. The zero-order valence-electron chi connectivity index (χ0n) is 14.7. The molecule has 0 saturated carbocycles. The molecule has 0 radical (unpaired) electrons. The molecule has 6 heteroatoms. The van der Waals surface area contributed by atoms with E-state index >= 15 is 0 Å². The van der Waals surface area contributed by atoms with Crippen molar-refractivity contribution in [2.45, 2.75) is 45.7 Å². The Balaban J connectivity index is 1.69. The highest BCUT2D eigenvalue weighted by molar-refractivity contribution is 6.35. The molecule has 0 bridgehead atoms. The predicted molar refractivity (Wildman–Crippen MR) is 105 cm³/mol. The summed E-state index contributed by atoms with van der Waals surface area (Å²) in [6.45, 7) is 6.89. The second-order valence-electron chi connectivity index (χ2n) is 6.62. The van der Waals surface area contributed by atoms with E-state index in [2.05, 4.69) is 22.1 Å². The molecule has 134 valence electrons. The number of hydrogen-bond acceptors (Lipinski definition) is 4. The monoisotopic (exact) mass is 378 g/mol. The van der Waals surface area contributed by atoms with E-state index in [1.807, 2.05) is 25.1 Å². The van der Waals surface area contributed by atoms with Gasteiger partial charge in [0.05, 0.1) is 5.69 Å². The molecule has 0 spiro atoms. The topological polar surface area (TPSA) is 41.1 Å². The number of hydrogen-bond donors (Lipinski definition) is 1. The normalized spacial score (nSPS) is 16.1. The molecule has 0 amide bonds. The molecule has 0 aliphatic carbocycles. The first-order valence-corrected chi connectivity index (χ1v) is 9.56. The van der Waals surface area contributed by atoms with Crippen LogP contribution >= 0.6 is 23.2 Å². The van der Waals surface area contributed by atoms with Gasteiger partial charge in [0, 0.05) is 41.4 Å². The molecule has 1 aliphatic rings. The highest BCUT2D eigenvalue weighted by atomic mass is 35.5. The molecule has 4 nitrogen and oxygen atoms in total. The molecule has 3 rings (SSSR count). The van der Waals surface area contributed by atoms with Crippen molar-refractivity contribution in [3.05, 3.63) is 51.3 Å². The van der Waals surface area contributed by atoms with Crippen LogP contribution in [-0.4, -0.2) is 23.1 Å². The van der Waals surface area contributed by atoms with Gasteiger partial charge in [0.1, 0.15) is 0 Å². The summed E-state index contributed by atoms with van der Waals surface area (Å²) in [4.78, 5) is 11.7. The average molecular weight is 379 g/mol. The van der Waals surface area contributed by atoms with Gasteiger partial charge in [-0.1, -0.05) is 29.3 Å². The van der Waals surface area contributed by atoms with Crippen molar-refractivity contribution in [2.24, 2.45) is 0 Å².